The molecule has 0 bridgehead atoms. The number of morpholine rings is 1. The topological polar surface area (TPSA) is 103 Å². The molecule has 0 radical (unpaired) electrons. The van der Waals surface area contributed by atoms with Gasteiger partial charge in [0.1, 0.15) is 5.04 Å². The van der Waals surface area contributed by atoms with E-state index in [1.807, 2.05) is 24.4 Å². The zero-order valence-electron chi connectivity index (χ0n) is 20.9. The summed E-state index contributed by atoms with van der Waals surface area (Å²) in [6.45, 7) is 4.92. The highest BCUT2D eigenvalue weighted by Gasteiger charge is 2.36. The molecule has 3 aliphatic rings. The Balaban J connectivity index is 1.27. The predicted molar refractivity (Wildman–Crippen MR) is 149 cm³/mol. The number of para-hydroxylation sites is 1. The van der Waals surface area contributed by atoms with Gasteiger partial charge in [-0.3, -0.25) is 15.0 Å². The van der Waals surface area contributed by atoms with Crippen LogP contribution in [0, 0.1) is 12.3 Å². The molecule has 3 aliphatic heterocycles. The van der Waals surface area contributed by atoms with Gasteiger partial charge in [0, 0.05) is 42.3 Å². The monoisotopic (exact) mass is 526 g/mol. The van der Waals surface area contributed by atoms with Crippen LogP contribution in [0.5, 0.6) is 0 Å². The molecule has 0 saturated carbocycles. The van der Waals surface area contributed by atoms with Crippen LogP contribution in [0.15, 0.2) is 70.4 Å². The number of hydrogen-bond donors (Lipinski definition) is 1. The van der Waals surface area contributed by atoms with Crippen LogP contribution in [0.4, 0.5) is 0 Å². The van der Waals surface area contributed by atoms with Crippen molar-refractivity contribution >= 4 is 56.6 Å². The Morgan fingerprint density at radius 1 is 1.13 bits per heavy atom. The lowest BCUT2D eigenvalue weighted by Gasteiger charge is -2.26. The summed E-state index contributed by atoms with van der Waals surface area (Å²) in [6, 6.07) is 16.4. The minimum atomic E-state index is -0.486. The van der Waals surface area contributed by atoms with Gasteiger partial charge in [0.05, 0.1) is 25.2 Å². The lowest BCUT2D eigenvalue weighted by molar-refractivity contribution is -0.133. The van der Waals surface area contributed by atoms with Gasteiger partial charge in [-0.2, -0.15) is 15.1 Å². The van der Waals surface area contributed by atoms with Crippen LogP contribution >= 0.6 is 11.8 Å². The number of rotatable bonds is 5. The maximum absolute atomic E-state index is 13.0. The number of amides is 2. The zero-order chi connectivity index (χ0) is 26.2. The maximum atomic E-state index is 13.0. The second-order valence-electron chi connectivity index (χ2n) is 9.40. The lowest BCUT2D eigenvalue weighted by atomic mass is 10.1. The van der Waals surface area contributed by atoms with E-state index in [0.717, 1.165) is 16.5 Å². The molecule has 192 valence electrons. The van der Waals surface area contributed by atoms with Crippen LogP contribution in [0.1, 0.15) is 23.1 Å². The van der Waals surface area contributed by atoms with Crippen molar-refractivity contribution in [1.82, 2.24) is 14.5 Å². The molecule has 10 heteroatoms. The quantitative estimate of drug-likeness (QED) is 0.509. The minimum absolute atomic E-state index is 0.0447. The van der Waals surface area contributed by atoms with Crippen molar-refractivity contribution in [1.29, 1.82) is 5.41 Å². The molecular formula is C28H26N6O3S. The van der Waals surface area contributed by atoms with Crippen molar-refractivity contribution in [2.75, 3.05) is 26.3 Å². The first-order valence-corrected chi connectivity index (χ1v) is 13.3. The number of benzene rings is 2. The molecule has 1 fully saturated rings. The van der Waals surface area contributed by atoms with E-state index in [0.29, 0.717) is 43.1 Å². The molecule has 38 heavy (non-hydrogen) atoms. The lowest BCUT2D eigenvalue weighted by Crippen LogP contribution is -2.41. The number of amidine groups is 2. The van der Waals surface area contributed by atoms with Gasteiger partial charge in [-0.15, -0.1) is 0 Å². The van der Waals surface area contributed by atoms with E-state index in [9.17, 15) is 9.59 Å². The standard InChI is InChI=1S/C28H26N6O3S/c1-18-6-8-19(9-7-18)16-33-17-20(21-4-2-3-5-23(21)33)14-22-26(29)34-28(30-27(22)36)38-24(31-34)15-25(35)32-10-12-37-13-11-32/h2-9,14,17,29H,10-13,15-16H2,1H3/b22-14+,29-26?. The SMILES string of the molecule is Cc1ccc(Cn2cc(/C=C3\C(=N)N4N=C(CC(=O)N5CCOCC5)SC4=NC3=O)c3ccccc32)cc1. The van der Waals surface area contributed by atoms with Gasteiger partial charge >= 0.3 is 0 Å². The Hall–Kier alpha value is -4.02. The number of hydrogen-bond acceptors (Lipinski definition) is 6. The van der Waals surface area contributed by atoms with Crippen molar-refractivity contribution < 1.29 is 14.3 Å². The number of aliphatic imine (C=N–C) groups is 1. The molecule has 0 unspecified atom stereocenters. The molecule has 1 aromatic heterocycles. The van der Waals surface area contributed by atoms with Crippen molar-refractivity contribution in [3.8, 4) is 0 Å². The van der Waals surface area contributed by atoms with E-state index in [1.165, 1.54) is 27.9 Å². The fraction of sp³-hybridized carbons (Fsp3) is 0.250. The Labute approximate surface area is 224 Å². The molecule has 4 heterocycles. The fourth-order valence-electron chi connectivity index (χ4n) is 4.72. The second-order valence-corrected chi connectivity index (χ2v) is 10.4. The molecule has 2 amide bonds. The van der Waals surface area contributed by atoms with E-state index in [2.05, 4.69) is 51.9 Å². The van der Waals surface area contributed by atoms with Gasteiger partial charge in [0.15, 0.2) is 5.84 Å². The largest absolute Gasteiger partial charge is 0.378 e. The first-order valence-electron chi connectivity index (χ1n) is 12.4. The third-order valence-electron chi connectivity index (χ3n) is 6.76. The summed E-state index contributed by atoms with van der Waals surface area (Å²) < 4.78 is 7.47. The molecule has 6 rings (SSSR count). The summed E-state index contributed by atoms with van der Waals surface area (Å²) in [5.41, 5.74) is 4.42. The molecule has 3 aromatic rings. The third kappa shape index (κ3) is 4.68. The number of hydrazone groups is 1. The Morgan fingerprint density at radius 2 is 1.89 bits per heavy atom. The Morgan fingerprint density at radius 3 is 2.68 bits per heavy atom. The number of carbonyl (C=O) groups is 2. The number of fused-ring (bicyclic) bond motifs is 2. The van der Waals surface area contributed by atoms with Gasteiger partial charge in [-0.25, -0.2) is 0 Å². The second kappa shape index (κ2) is 10.0. The highest BCUT2D eigenvalue weighted by Crippen LogP contribution is 2.31. The number of nitrogens with one attached hydrogen (secondary N) is 1. The predicted octanol–water partition coefficient (Wildman–Crippen LogP) is 3.87. The number of thioether (sulfide) groups is 1. The summed E-state index contributed by atoms with van der Waals surface area (Å²) in [7, 11) is 0. The summed E-state index contributed by atoms with van der Waals surface area (Å²) in [5.74, 6) is -0.577. The number of aryl methyl sites for hydroxylation is 1. The minimum Gasteiger partial charge on any atom is -0.378 e. The Kier molecular flexibility index (Phi) is 6.42. The van der Waals surface area contributed by atoms with Crippen molar-refractivity contribution in [2.45, 2.75) is 19.9 Å². The normalized spacial score (nSPS) is 18.7. The summed E-state index contributed by atoms with van der Waals surface area (Å²) in [6.07, 6.45) is 3.83. The average molecular weight is 527 g/mol. The molecule has 1 N–H and O–H groups in total. The zero-order valence-corrected chi connectivity index (χ0v) is 21.7. The van der Waals surface area contributed by atoms with Gasteiger partial charge in [-0.05, 0) is 36.4 Å². The van der Waals surface area contributed by atoms with Gasteiger partial charge in [0.25, 0.3) is 5.91 Å². The van der Waals surface area contributed by atoms with Gasteiger partial charge < -0.3 is 14.2 Å². The van der Waals surface area contributed by atoms with Crippen LogP contribution < -0.4 is 0 Å². The van der Waals surface area contributed by atoms with E-state index in [1.54, 1.807) is 11.0 Å². The van der Waals surface area contributed by atoms with Crippen molar-refractivity contribution in [3.63, 3.8) is 0 Å². The molecule has 0 aliphatic carbocycles. The summed E-state index contributed by atoms with van der Waals surface area (Å²) in [5, 5.41) is 16.4. The first kappa shape index (κ1) is 24.3. The smallest absolute Gasteiger partial charge is 0.283 e. The number of aromatic nitrogens is 1. The highest BCUT2D eigenvalue weighted by molar-refractivity contribution is 8.27. The van der Waals surface area contributed by atoms with E-state index >= 15 is 0 Å². The average Bonchev–Trinajstić information content (AvgIpc) is 3.49. The summed E-state index contributed by atoms with van der Waals surface area (Å²) >= 11 is 1.17. The van der Waals surface area contributed by atoms with E-state index < -0.39 is 5.91 Å². The number of carbonyl (C=O) groups excluding carboxylic acids is 2. The Bertz CT molecular complexity index is 1550. The molecule has 0 spiro atoms. The summed E-state index contributed by atoms with van der Waals surface area (Å²) in [4.78, 5) is 31.6. The van der Waals surface area contributed by atoms with E-state index in [-0.39, 0.29) is 23.7 Å². The third-order valence-corrected chi connectivity index (χ3v) is 7.66. The van der Waals surface area contributed by atoms with Crippen molar-refractivity contribution in [3.05, 3.63) is 77.0 Å². The van der Waals surface area contributed by atoms with Gasteiger partial charge in [0.2, 0.25) is 11.1 Å². The van der Waals surface area contributed by atoms with Crippen LogP contribution in [-0.4, -0.2) is 68.6 Å². The molecule has 1 saturated heterocycles. The molecular weight excluding hydrogens is 500 g/mol. The van der Waals surface area contributed by atoms with E-state index in [4.69, 9.17) is 10.1 Å². The molecule has 2 aromatic carbocycles. The van der Waals surface area contributed by atoms with Crippen LogP contribution in [0.3, 0.4) is 0 Å². The maximum Gasteiger partial charge on any atom is 0.283 e. The van der Waals surface area contributed by atoms with Crippen LogP contribution in [0.25, 0.3) is 17.0 Å². The van der Waals surface area contributed by atoms with Crippen molar-refractivity contribution in [2.24, 2.45) is 10.1 Å². The molecule has 9 nitrogen and oxygen atoms in total. The van der Waals surface area contributed by atoms with Crippen LogP contribution in [-0.2, 0) is 20.9 Å². The fourth-order valence-corrected chi connectivity index (χ4v) is 5.60. The number of ether oxygens (including phenoxy) is 1. The first-order chi connectivity index (χ1) is 18.5. The highest BCUT2D eigenvalue weighted by atomic mass is 32.2. The van der Waals surface area contributed by atoms with Gasteiger partial charge in [-0.1, -0.05) is 48.0 Å². The number of nitrogens with zero attached hydrogens (tertiary/aromatic N) is 5. The molecule has 0 atom stereocenters. The van der Waals surface area contributed by atoms with Crippen LogP contribution in [0.2, 0.25) is 0 Å².